The molecule has 2 unspecified atom stereocenters. The first-order valence-electron chi connectivity index (χ1n) is 6.36. The lowest BCUT2D eigenvalue weighted by Crippen LogP contribution is -2.45. The number of hydrogen-bond donors (Lipinski definition) is 1. The number of nitrogens with two attached hydrogens (primary N) is 1. The van der Waals surface area contributed by atoms with Gasteiger partial charge in [-0.2, -0.15) is 13.2 Å². The third-order valence-corrected chi connectivity index (χ3v) is 3.29. The molecule has 8 heteroatoms. The number of amides is 1. The van der Waals surface area contributed by atoms with Crippen LogP contribution in [0.4, 0.5) is 13.2 Å². The highest BCUT2D eigenvalue weighted by Crippen LogP contribution is 2.31. The van der Waals surface area contributed by atoms with Crippen LogP contribution in [0.3, 0.4) is 0 Å². The van der Waals surface area contributed by atoms with Gasteiger partial charge in [0.2, 0.25) is 5.91 Å². The van der Waals surface area contributed by atoms with E-state index in [1.54, 1.807) is 13.0 Å². The number of hydrogen-bond acceptors (Lipinski definition) is 3. The molecule has 0 aliphatic heterocycles. The third kappa shape index (κ3) is 5.15. The second-order valence-electron chi connectivity index (χ2n) is 4.81. The first-order chi connectivity index (χ1) is 9.68. The van der Waals surface area contributed by atoms with Crippen LogP contribution in [0.15, 0.2) is 24.3 Å². The van der Waals surface area contributed by atoms with E-state index in [1.807, 2.05) is 0 Å². The monoisotopic (exact) mass is 340 g/mol. The highest BCUT2D eigenvalue weighted by molar-refractivity contribution is 5.85. The molecule has 1 aromatic rings. The lowest BCUT2D eigenvalue weighted by atomic mass is 10.0. The number of alkyl halides is 3. The predicted octanol–water partition coefficient (Wildman–Crippen LogP) is 2.62. The number of rotatable bonds is 5. The maximum Gasteiger partial charge on any atom is 0.416 e. The van der Waals surface area contributed by atoms with Gasteiger partial charge in [0, 0.05) is 14.2 Å². The van der Waals surface area contributed by atoms with E-state index in [0.29, 0.717) is 5.56 Å². The molecule has 0 bridgehead atoms. The van der Waals surface area contributed by atoms with E-state index in [9.17, 15) is 18.0 Å². The van der Waals surface area contributed by atoms with Gasteiger partial charge in [0.15, 0.2) is 0 Å². The number of likely N-dealkylation sites (N-methyl/N-ethyl adjacent to an activating group) is 1. The van der Waals surface area contributed by atoms with Gasteiger partial charge in [-0.15, -0.1) is 12.4 Å². The lowest BCUT2D eigenvalue weighted by Gasteiger charge is -2.28. The molecular weight excluding hydrogens is 321 g/mol. The molecule has 1 aromatic carbocycles. The summed E-state index contributed by atoms with van der Waals surface area (Å²) in [6.07, 6.45) is -4.41. The number of carbonyl (C=O) groups is 1. The zero-order valence-corrected chi connectivity index (χ0v) is 13.4. The zero-order chi connectivity index (χ0) is 16.2. The summed E-state index contributed by atoms with van der Waals surface area (Å²) in [6.45, 7) is 1.70. The highest BCUT2D eigenvalue weighted by atomic mass is 35.5. The number of nitrogens with zero attached hydrogens (tertiary/aromatic N) is 1. The fourth-order valence-corrected chi connectivity index (χ4v) is 1.90. The lowest BCUT2D eigenvalue weighted by molar-refractivity contribution is -0.137. The van der Waals surface area contributed by atoms with Crippen LogP contribution in [0.2, 0.25) is 0 Å². The Morgan fingerprint density at radius 1 is 1.41 bits per heavy atom. The van der Waals surface area contributed by atoms with E-state index in [2.05, 4.69) is 0 Å². The molecule has 0 saturated carbocycles. The third-order valence-electron chi connectivity index (χ3n) is 3.29. The summed E-state index contributed by atoms with van der Waals surface area (Å²) in [5.74, 6) is -0.387. The Labute approximate surface area is 133 Å². The molecule has 0 aliphatic carbocycles. The van der Waals surface area contributed by atoms with Gasteiger partial charge in [0.1, 0.15) is 6.04 Å². The van der Waals surface area contributed by atoms with Crippen LogP contribution in [0.1, 0.15) is 24.1 Å². The van der Waals surface area contributed by atoms with Crippen LogP contribution in [0.5, 0.6) is 0 Å². The van der Waals surface area contributed by atoms with Gasteiger partial charge in [-0.3, -0.25) is 4.79 Å². The summed E-state index contributed by atoms with van der Waals surface area (Å²) < 4.78 is 42.9. The van der Waals surface area contributed by atoms with Crippen LogP contribution >= 0.6 is 12.4 Å². The van der Waals surface area contributed by atoms with E-state index in [4.69, 9.17) is 10.5 Å². The summed E-state index contributed by atoms with van der Waals surface area (Å²) in [6, 6.07) is 3.54. The molecular formula is C14H20ClF3N2O2. The van der Waals surface area contributed by atoms with E-state index >= 15 is 0 Å². The average molecular weight is 341 g/mol. The minimum absolute atomic E-state index is 0. The van der Waals surface area contributed by atoms with Gasteiger partial charge >= 0.3 is 6.18 Å². The molecule has 0 aromatic heterocycles. The van der Waals surface area contributed by atoms with Gasteiger partial charge < -0.3 is 15.4 Å². The van der Waals surface area contributed by atoms with Crippen molar-refractivity contribution in [2.24, 2.45) is 5.73 Å². The van der Waals surface area contributed by atoms with Gasteiger partial charge in [-0.05, 0) is 24.6 Å². The Kier molecular flexibility index (Phi) is 7.86. The summed E-state index contributed by atoms with van der Waals surface area (Å²) >= 11 is 0. The smallest absolute Gasteiger partial charge is 0.383 e. The van der Waals surface area contributed by atoms with Gasteiger partial charge in [-0.25, -0.2) is 0 Å². The molecule has 0 fully saturated rings. The molecule has 126 valence electrons. The SMILES string of the molecule is COCC(N)C(=O)N(C)C(C)c1cccc(C(F)(F)F)c1.Cl. The topological polar surface area (TPSA) is 55.6 Å². The van der Waals surface area contributed by atoms with Crippen molar-refractivity contribution in [3.8, 4) is 0 Å². The number of benzene rings is 1. The fraction of sp³-hybridized carbons (Fsp3) is 0.500. The Morgan fingerprint density at radius 2 is 2.00 bits per heavy atom. The summed E-state index contributed by atoms with van der Waals surface area (Å²) in [4.78, 5) is 13.3. The molecule has 4 nitrogen and oxygen atoms in total. The number of carbonyl (C=O) groups excluding carboxylic acids is 1. The minimum Gasteiger partial charge on any atom is -0.383 e. The minimum atomic E-state index is -4.41. The molecule has 2 N–H and O–H groups in total. The quantitative estimate of drug-likeness (QED) is 0.896. The Balaban J connectivity index is 0.00000441. The Morgan fingerprint density at radius 3 is 2.50 bits per heavy atom. The molecule has 2 atom stereocenters. The summed E-state index contributed by atoms with van der Waals surface area (Å²) in [7, 11) is 2.92. The van der Waals surface area contributed by atoms with E-state index in [-0.39, 0.29) is 24.9 Å². The second-order valence-corrected chi connectivity index (χ2v) is 4.81. The molecule has 0 heterocycles. The van der Waals surface area contributed by atoms with Crippen molar-refractivity contribution in [2.45, 2.75) is 25.2 Å². The summed E-state index contributed by atoms with van der Waals surface area (Å²) in [5, 5.41) is 0. The first kappa shape index (κ1) is 20.7. The highest BCUT2D eigenvalue weighted by Gasteiger charge is 2.31. The van der Waals surface area contributed by atoms with E-state index in [0.717, 1.165) is 12.1 Å². The van der Waals surface area contributed by atoms with Gasteiger partial charge in [0.25, 0.3) is 0 Å². The van der Waals surface area contributed by atoms with Crippen molar-refractivity contribution < 1.29 is 22.7 Å². The number of ether oxygens (including phenoxy) is 1. The average Bonchev–Trinajstić information content (AvgIpc) is 2.44. The maximum absolute atomic E-state index is 12.7. The first-order valence-corrected chi connectivity index (χ1v) is 6.36. The van der Waals surface area contributed by atoms with Crippen molar-refractivity contribution in [2.75, 3.05) is 20.8 Å². The van der Waals surface area contributed by atoms with Crippen molar-refractivity contribution in [1.29, 1.82) is 0 Å². The van der Waals surface area contributed by atoms with E-state index < -0.39 is 23.8 Å². The van der Waals surface area contributed by atoms with Crippen LogP contribution in [-0.2, 0) is 15.7 Å². The van der Waals surface area contributed by atoms with Crippen LogP contribution in [-0.4, -0.2) is 37.6 Å². The van der Waals surface area contributed by atoms with Gasteiger partial charge in [-0.1, -0.05) is 12.1 Å². The molecule has 0 aliphatic rings. The van der Waals surface area contributed by atoms with Crippen LogP contribution in [0.25, 0.3) is 0 Å². The van der Waals surface area contributed by atoms with Crippen molar-refractivity contribution >= 4 is 18.3 Å². The molecule has 0 radical (unpaired) electrons. The normalized spacial score (nSPS) is 14.0. The van der Waals surface area contributed by atoms with Crippen LogP contribution < -0.4 is 5.73 Å². The second kappa shape index (κ2) is 8.36. The Hall–Kier alpha value is -1.31. The Bertz CT molecular complexity index is 497. The molecule has 1 amide bonds. The van der Waals surface area contributed by atoms with E-state index in [1.165, 1.54) is 25.1 Å². The predicted molar refractivity (Wildman–Crippen MR) is 79.7 cm³/mol. The number of halogens is 4. The fourth-order valence-electron chi connectivity index (χ4n) is 1.90. The molecule has 0 saturated heterocycles. The number of methoxy groups -OCH3 is 1. The molecule has 1 rings (SSSR count). The van der Waals surface area contributed by atoms with Crippen molar-refractivity contribution in [3.63, 3.8) is 0 Å². The van der Waals surface area contributed by atoms with Crippen molar-refractivity contribution in [1.82, 2.24) is 4.90 Å². The maximum atomic E-state index is 12.7. The molecule has 0 spiro atoms. The van der Waals surface area contributed by atoms with Gasteiger partial charge in [0.05, 0.1) is 18.2 Å². The largest absolute Gasteiger partial charge is 0.416 e. The van der Waals surface area contributed by atoms with Crippen LogP contribution in [0, 0.1) is 0 Å². The standard InChI is InChI=1S/C14H19F3N2O2.ClH/c1-9(19(2)13(20)12(18)8-21-3)10-5-4-6-11(7-10)14(15,16)17;/h4-7,9,12H,8,18H2,1-3H3;1H. The van der Waals surface area contributed by atoms with Crippen molar-refractivity contribution in [3.05, 3.63) is 35.4 Å². The zero-order valence-electron chi connectivity index (χ0n) is 12.6. The molecule has 22 heavy (non-hydrogen) atoms. The summed E-state index contributed by atoms with van der Waals surface area (Å²) in [5.41, 5.74) is 5.30.